The number of carbonyl (C=O) groups excluding carboxylic acids is 2. The molecule has 0 heterocycles. The third-order valence-corrected chi connectivity index (χ3v) is 8.15. The number of hydrogen-bond acceptors (Lipinski definition) is 4. The van der Waals surface area contributed by atoms with Crippen molar-refractivity contribution in [2.75, 3.05) is 6.61 Å². The number of aliphatic hydroxyl groups is 2. The summed E-state index contributed by atoms with van der Waals surface area (Å²) in [6.07, 6.45) is 5.63. The van der Waals surface area contributed by atoms with Crippen molar-refractivity contribution in [1.29, 1.82) is 0 Å². The van der Waals surface area contributed by atoms with Gasteiger partial charge in [0.25, 0.3) is 0 Å². The predicted octanol–water partition coefficient (Wildman–Crippen LogP) is 2.11. The Hall–Kier alpha value is -0.740. The summed E-state index contributed by atoms with van der Waals surface area (Å²) in [5.74, 6) is 1.08. The van der Waals surface area contributed by atoms with Crippen molar-refractivity contribution in [3.8, 4) is 0 Å². The van der Waals surface area contributed by atoms with Crippen LogP contribution in [0.2, 0.25) is 0 Å². The molecule has 0 spiro atoms. The van der Waals surface area contributed by atoms with Gasteiger partial charge in [0, 0.05) is 18.3 Å². The van der Waals surface area contributed by atoms with Crippen LogP contribution in [0, 0.1) is 34.5 Å². The van der Waals surface area contributed by atoms with Crippen LogP contribution in [-0.2, 0) is 9.59 Å². The Morgan fingerprint density at radius 2 is 1.83 bits per heavy atom. The minimum atomic E-state index is -0.743. The Morgan fingerprint density at radius 1 is 1.04 bits per heavy atom. The Labute approximate surface area is 137 Å². The monoisotopic (exact) mass is 320 g/mol. The second-order valence-corrected chi connectivity index (χ2v) is 8.72. The molecule has 4 fully saturated rings. The van der Waals surface area contributed by atoms with E-state index in [1.165, 1.54) is 0 Å². The Morgan fingerprint density at radius 3 is 2.57 bits per heavy atom. The highest BCUT2D eigenvalue weighted by atomic mass is 16.3. The summed E-state index contributed by atoms with van der Waals surface area (Å²) in [7, 11) is 0. The van der Waals surface area contributed by atoms with Crippen molar-refractivity contribution in [1.82, 2.24) is 0 Å². The fourth-order valence-corrected chi connectivity index (χ4v) is 6.99. The molecule has 0 aromatic carbocycles. The molecule has 7 unspecified atom stereocenters. The van der Waals surface area contributed by atoms with Gasteiger partial charge >= 0.3 is 0 Å². The van der Waals surface area contributed by atoms with E-state index in [-0.39, 0.29) is 41.5 Å². The molecular weight excluding hydrogens is 292 g/mol. The Bertz CT molecular complexity index is 543. The lowest BCUT2D eigenvalue weighted by Crippen LogP contribution is -2.62. The van der Waals surface area contributed by atoms with Crippen molar-refractivity contribution < 1.29 is 19.8 Å². The van der Waals surface area contributed by atoms with Gasteiger partial charge in [0.05, 0.1) is 18.1 Å². The third-order valence-electron chi connectivity index (χ3n) is 8.15. The van der Waals surface area contributed by atoms with E-state index in [0.29, 0.717) is 25.0 Å². The highest BCUT2D eigenvalue weighted by molar-refractivity contribution is 5.88. The van der Waals surface area contributed by atoms with Gasteiger partial charge in [-0.25, -0.2) is 0 Å². The van der Waals surface area contributed by atoms with Crippen LogP contribution in [0.3, 0.4) is 0 Å². The lowest BCUT2D eigenvalue weighted by atomic mass is 9.44. The van der Waals surface area contributed by atoms with Gasteiger partial charge in [-0.2, -0.15) is 0 Å². The van der Waals surface area contributed by atoms with Crippen LogP contribution in [0.5, 0.6) is 0 Å². The SMILES string of the molecule is CC12CCC3C(CC(O)C4CCCC(=O)C43CO)C1CCC2=O. The highest BCUT2D eigenvalue weighted by Gasteiger charge is 2.65. The van der Waals surface area contributed by atoms with Crippen molar-refractivity contribution in [2.45, 2.75) is 64.4 Å². The summed E-state index contributed by atoms with van der Waals surface area (Å²) in [5, 5.41) is 21.0. The van der Waals surface area contributed by atoms with Gasteiger partial charge < -0.3 is 10.2 Å². The zero-order valence-electron chi connectivity index (χ0n) is 14.0. The van der Waals surface area contributed by atoms with Gasteiger partial charge in [-0.3, -0.25) is 9.59 Å². The molecule has 4 aliphatic rings. The molecule has 0 radical (unpaired) electrons. The maximum atomic E-state index is 12.9. The van der Waals surface area contributed by atoms with Gasteiger partial charge in [-0.15, -0.1) is 0 Å². The predicted molar refractivity (Wildman–Crippen MR) is 84.5 cm³/mol. The average Bonchev–Trinajstić information content (AvgIpc) is 2.84. The van der Waals surface area contributed by atoms with E-state index in [0.717, 1.165) is 32.1 Å². The second-order valence-electron chi connectivity index (χ2n) is 8.72. The molecule has 4 heteroatoms. The molecule has 0 saturated heterocycles. The fourth-order valence-electron chi connectivity index (χ4n) is 6.99. The van der Waals surface area contributed by atoms with E-state index in [1.54, 1.807) is 0 Å². The first-order chi connectivity index (χ1) is 10.9. The zero-order valence-corrected chi connectivity index (χ0v) is 14.0. The molecule has 0 aromatic heterocycles. The quantitative estimate of drug-likeness (QED) is 0.776. The lowest BCUT2D eigenvalue weighted by molar-refractivity contribution is -0.185. The van der Waals surface area contributed by atoms with E-state index in [4.69, 9.17) is 0 Å². The molecule has 4 saturated carbocycles. The van der Waals surface area contributed by atoms with E-state index >= 15 is 0 Å². The average molecular weight is 320 g/mol. The van der Waals surface area contributed by atoms with Gasteiger partial charge in [0.1, 0.15) is 11.6 Å². The van der Waals surface area contributed by atoms with Crippen LogP contribution in [0.4, 0.5) is 0 Å². The maximum Gasteiger partial charge on any atom is 0.142 e. The van der Waals surface area contributed by atoms with E-state index < -0.39 is 11.5 Å². The van der Waals surface area contributed by atoms with Crippen molar-refractivity contribution >= 4 is 11.6 Å². The van der Waals surface area contributed by atoms with Crippen molar-refractivity contribution in [3.05, 3.63) is 0 Å². The molecule has 128 valence electrons. The normalized spacial score (nSPS) is 52.7. The number of ketones is 2. The first kappa shape index (κ1) is 15.8. The second kappa shape index (κ2) is 5.13. The zero-order chi connectivity index (χ0) is 16.4. The fraction of sp³-hybridized carbons (Fsp3) is 0.895. The Balaban J connectivity index is 1.76. The van der Waals surface area contributed by atoms with Gasteiger partial charge in [-0.05, 0) is 62.2 Å². The summed E-state index contributed by atoms with van der Waals surface area (Å²) < 4.78 is 0. The van der Waals surface area contributed by atoms with E-state index in [9.17, 15) is 19.8 Å². The molecule has 0 bridgehead atoms. The summed E-state index contributed by atoms with van der Waals surface area (Å²) in [5.41, 5.74) is -1.00. The molecule has 4 rings (SSSR count). The van der Waals surface area contributed by atoms with E-state index in [1.807, 2.05) is 0 Å². The van der Waals surface area contributed by atoms with Gasteiger partial charge in [0.15, 0.2) is 0 Å². The summed E-state index contributed by atoms with van der Waals surface area (Å²) >= 11 is 0. The van der Waals surface area contributed by atoms with Gasteiger partial charge in [-0.1, -0.05) is 6.92 Å². The van der Waals surface area contributed by atoms with Crippen LogP contribution in [0.1, 0.15) is 58.3 Å². The molecule has 4 nitrogen and oxygen atoms in total. The standard InChI is InChI=1S/C19H28O4/c1-18-8-7-13-11(12(18)5-6-16(18)22)9-15(21)14-3-2-4-17(23)19(13,14)10-20/h11-15,20-21H,2-10H2,1H3. The number of carbonyl (C=O) groups is 2. The molecule has 2 N–H and O–H groups in total. The molecular formula is C19H28O4. The summed E-state index contributed by atoms with van der Waals surface area (Å²) in [6.45, 7) is 1.96. The first-order valence-electron chi connectivity index (χ1n) is 9.30. The highest BCUT2D eigenvalue weighted by Crippen LogP contribution is 2.64. The van der Waals surface area contributed by atoms with Crippen molar-refractivity contribution in [2.24, 2.45) is 34.5 Å². The maximum absolute atomic E-state index is 12.9. The van der Waals surface area contributed by atoms with Crippen molar-refractivity contribution in [3.63, 3.8) is 0 Å². The van der Waals surface area contributed by atoms with Crippen LogP contribution >= 0.6 is 0 Å². The van der Waals surface area contributed by atoms with Gasteiger partial charge in [0.2, 0.25) is 0 Å². The number of fused-ring (bicyclic) bond motifs is 5. The molecule has 0 aliphatic heterocycles. The number of hydrogen-bond donors (Lipinski definition) is 2. The lowest BCUT2D eigenvalue weighted by Gasteiger charge is -2.60. The molecule has 4 aliphatic carbocycles. The topological polar surface area (TPSA) is 74.6 Å². The van der Waals surface area contributed by atoms with Crippen LogP contribution in [0.15, 0.2) is 0 Å². The summed E-state index contributed by atoms with van der Waals surface area (Å²) in [4.78, 5) is 25.3. The number of Topliss-reactive ketones (excluding diaryl/α,β-unsaturated/α-hetero) is 2. The molecule has 23 heavy (non-hydrogen) atoms. The van der Waals surface area contributed by atoms with Crippen LogP contribution < -0.4 is 0 Å². The first-order valence-corrected chi connectivity index (χ1v) is 9.30. The van der Waals surface area contributed by atoms with Crippen LogP contribution in [-0.4, -0.2) is 34.5 Å². The smallest absolute Gasteiger partial charge is 0.142 e. The summed E-state index contributed by atoms with van der Waals surface area (Å²) in [6, 6.07) is 0. The molecule has 7 atom stereocenters. The van der Waals surface area contributed by atoms with Crippen LogP contribution in [0.25, 0.3) is 0 Å². The minimum absolute atomic E-state index is 0.0866. The minimum Gasteiger partial charge on any atom is -0.395 e. The number of rotatable bonds is 1. The molecule has 0 aromatic rings. The third kappa shape index (κ3) is 1.85. The van der Waals surface area contributed by atoms with E-state index in [2.05, 4.69) is 6.92 Å². The molecule has 0 amide bonds. The number of aliphatic hydroxyl groups excluding tert-OH is 2. The largest absolute Gasteiger partial charge is 0.395 e. The Kier molecular flexibility index (Phi) is 3.51.